The average Bonchev–Trinajstić information content (AvgIpc) is 3.35. The summed E-state index contributed by atoms with van der Waals surface area (Å²) in [5.74, 6) is 0.702. The van der Waals surface area contributed by atoms with Crippen molar-refractivity contribution in [2.45, 2.75) is 40.1 Å². The maximum Gasteiger partial charge on any atom is 0.245 e. The maximum absolute atomic E-state index is 13.6. The molecule has 0 atom stereocenters. The van der Waals surface area contributed by atoms with Crippen molar-refractivity contribution in [3.8, 4) is 5.75 Å². The molecule has 0 unspecified atom stereocenters. The van der Waals surface area contributed by atoms with Gasteiger partial charge in [0.05, 0.1) is 17.6 Å². The number of aryl methyl sites for hydroxylation is 1. The Kier molecular flexibility index (Phi) is 6.30. The van der Waals surface area contributed by atoms with E-state index >= 15 is 0 Å². The molecule has 4 aromatic rings. The van der Waals surface area contributed by atoms with Gasteiger partial charge in [-0.2, -0.15) is 4.31 Å². The highest BCUT2D eigenvalue weighted by molar-refractivity contribution is 7.99. The summed E-state index contributed by atoms with van der Waals surface area (Å²) < 4.78 is 38.9. The van der Waals surface area contributed by atoms with Crippen molar-refractivity contribution < 1.29 is 22.9 Å². The topological polar surface area (TPSA) is 106 Å². The number of benzene rings is 3. The van der Waals surface area contributed by atoms with E-state index in [0.717, 1.165) is 16.0 Å². The van der Waals surface area contributed by atoms with Crippen molar-refractivity contribution in [1.29, 1.82) is 0 Å². The first-order chi connectivity index (χ1) is 16.8. The fraction of sp³-hybridized carbons (Fsp3) is 0.280. The van der Waals surface area contributed by atoms with E-state index in [1.54, 1.807) is 19.2 Å². The minimum absolute atomic E-state index is 0.0407. The Hall–Kier alpha value is -2.92. The average molecular weight is 512 g/mol. The molecule has 2 heterocycles. The van der Waals surface area contributed by atoms with Gasteiger partial charge in [-0.05, 0) is 59.9 Å². The predicted octanol–water partition coefficient (Wildman–Crippen LogP) is 4.36. The number of nitrogens with zero attached hydrogens (tertiary/aromatic N) is 3. The van der Waals surface area contributed by atoms with Gasteiger partial charge in [0, 0.05) is 18.0 Å². The van der Waals surface area contributed by atoms with E-state index in [9.17, 15) is 13.5 Å². The van der Waals surface area contributed by atoms with Crippen molar-refractivity contribution in [2.75, 3.05) is 20.2 Å². The molecule has 0 amide bonds. The number of aromatic nitrogens is 2. The lowest BCUT2D eigenvalue weighted by Gasteiger charge is -2.37. The highest BCUT2D eigenvalue weighted by Gasteiger charge is 2.39. The molecule has 5 rings (SSSR count). The van der Waals surface area contributed by atoms with Gasteiger partial charge in [0.15, 0.2) is 11.0 Å². The number of aliphatic hydroxyl groups is 1. The first-order valence-electron chi connectivity index (χ1n) is 11.2. The van der Waals surface area contributed by atoms with Gasteiger partial charge in [-0.25, -0.2) is 13.0 Å². The minimum Gasteiger partial charge on any atom is -0.496 e. The Labute approximate surface area is 207 Å². The summed E-state index contributed by atoms with van der Waals surface area (Å²) in [6.07, 6.45) is 0.606. The Morgan fingerprint density at radius 1 is 0.971 bits per heavy atom. The molecule has 0 spiro atoms. The van der Waals surface area contributed by atoms with E-state index in [2.05, 4.69) is 10.3 Å². The normalized spacial score (nSPS) is 16.4. The van der Waals surface area contributed by atoms with Crippen LogP contribution in [-0.4, -0.2) is 48.3 Å². The molecule has 0 bridgehead atoms. The quantitative estimate of drug-likeness (QED) is 0.407. The van der Waals surface area contributed by atoms with Crippen LogP contribution in [0.15, 0.2) is 80.0 Å². The van der Waals surface area contributed by atoms with Crippen LogP contribution in [-0.2, 0) is 15.6 Å². The van der Waals surface area contributed by atoms with Crippen molar-refractivity contribution in [3.05, 3.63) is 71.8 Å². The second-order valence-electron chi connectivity index (χ2n) is 8.58. The third kappa shape index (κ3) is 4.42. The molecule has 0 aliphatic carbocycles. The van der Waals surface area contributed by atoms with Gasteiger partial charge in [-0.15, -0.1) is 0 Å². The van der Waals surface area contributed by atoms with Crippen LogP contribution in [0.25, 0.3) is 11.0 Å². The number of hydrogen-bond donors (Lipinski definition) is 1. The van der Waals surface area contributed by atoms with Gasteiger partial charge in [-0.1, -0.05) is 53.7 Å². The number of para-hydroxylation sites is 1. The molecule has 1 fully saturated rings. The number of fused-ring (bicyclic) bond motifs is 1. The summed E-state index contributed by atoms with van der Waals surface area (Å²) >= 11 is 1.40. The number of rotatable bonds is 6. The monoisotopic (exact) mass is 511 g/mol. The third-order valence-corrected chi connectivity index (χ3v) is 9.42. The van der Waals surface area contributed by atoms with Crippen molar-refractivity contribution in [1.82, 2.24) is 14.6 Å². The van der Waals surface area contributed by atoms with E-state index in [1.807, 2.05) is 55.5 Å². The largest absolute Gasteiger partial charge is 0.496 e. The van der Waals surface area contributed by atoms with Gasteiger partial charge >= 0.3 is 0 Å². The van der Waals surface area contributed by atoms with Gasteiger partial charge in [0.2, 0.25) is 10.0 Å². The molecule has 8 nitrogen and oxygen atoms in total. The molecule has 1 aromatic heterocycles. The van der Waals surface area contributed by atoms with E-state index in [4.69, 9.17) is 9.37 Å². The van der Waals surface area contributed by atoms with Crippen LogP contribution < -0.4 is 4.74 Å². The Balaban J connectivity index is 1.41. The van der Waals surface area contributed by atoms with Crippen LogP contribution in [0.3, 0.4) is 0 Å². The SMILES string of the molecule is COc1ccccc1Sc1ccc(S(=O)(=O)N2CCC(O)(c3ccc(C)cc3)CC2)c2nonc12. The van der Waals surface area contributed by atoms with E-state index in [1.165, 1.54) is 16.1 Å². The van der Waals surface area contributed by atoms with Crippen LogP contribution in [0.4, 0.5) is 0 Å². The lowest BCUT2D eigenvalue weighted by Crippen LogP contribution is -2.45. The van der Waals surface area contributed by atoms with E-state index in [0.29, 0.717) is 29.0 Å². The van der Waals surface area contributed by atoms with Gasteiger partial charge in [0.25, 0.3) is 0 Å². The van der Waals surface area contributed by atoms with Crippen LogP contribution in [0, 0.1) is 6.92 Å². The van der Waals surface area contributed by atoms with Crippen LogP contribution >= 0.6 is 11.8 Å². The van der Waals surface area contributed by atoms with Gasteiger partial charge < -0.3 is 9.84 Å². The fourth-order valence-electron chi connectivity index (χ4n) is 4.32. The Morgan fingerprint density at radius 3 is 2.37 bits per heavy atom. The smallest absolute Gasteiger partial charge is 0.245 e. The van der Waals surface area contributed by atoms with E-state index < -0.39 is 15.6 Å². The summed E-state index contributed by atoms with van der Waals surface area (Å²) in [4.78, 5) is 1.61. The molecule has 0 radical (unpaired) electrons. The van der Waals surface area contributed by atoms with Crippen molar-refractivity contribution >= 4 is 32.8 Å². The molecule has 182 valence electrons. The number of sulfonamides is 1. The first kappa shape index (κ1) is 23.8. The van der Waals surface area contributed by atoms with Crippen LogP contribution in [0.5, 0.6) is 5.75 Å². The third-order valence-electron chi connectivity index (χ3n) is 6.39. The highest BCUT2D eigenvalue weighted by atomic mass is 32.2. The maximum atomic E-state index is 13.6. The summed E-state index contributed by atoms with van der Waals surface area (Å²) in [7, 11) is -2.28. The summed E-state index contributed by atoms with van der Waals surface area (Å²) in [6.45, 7) is 2.37. The van der Waals surface area contributed by atoms with Crippen LogP contribution in [0.1, 0.15) is 24.0 Å². The van der Waals surface area contributed by atoms with Crippen molar-refractivity contribution in [3.63, 3.8) is 0 Å². The number of methoxy groups -OCH3 is 1. The summed E-state index contributed by atoms with van der Waals surface area (Å²) in [5.41, 5.74) is 1.41. The zero-order valence-corrected chi connectivity index (χ0v) is 21.0. The zero-order chi connectivity index (χ0) is 24.6. The zero-order valence-electron chi connectivity index (χ0n) is 19.3. The predicted molar refractivity (Wildman–Crippen MR) is 132 cm³/mol. The molecular formula is C25H25N3O5S2. The molecule has 1 N–H and O–H groups in total. The molecule has 10 heteroatoms. The summed E-state index contributed by atoms with van der Waals surface area (Å²) in [6, 6.07) is 18.5. The summed E-state index contributed by atoms with van der Waals surface area (Å²) in [5, 5.41) is 19.1. The molecule has 1 aliphatic heterocycles. The molecular weight excluding hydrogens is 486 g/mol. The molecule has 0 saturated carbocycles. The highest BCUT2D eigenvalue weighted by Crippen LogP contribution is 2.40. The van der Waals surface area contributed by atoms with Crippen molar-refractivity contribution in [2.24, 2.45) is 0 Å². The molecule has 35 heavy (non-hydrogen) atoms. The number of ether oxygens (including phenoxy) is 1. The Bertz CT molecular complexity index is 1460. The second-order valence-corrected chi connectivity index (χ2v) is 11.6. The number of hydrogen-bond acceptors (Lipinski definition) is 8. The Morgan fingerprint density at radius 2 is 1.66 bits per heavy atom. The van der Waals surface area contributed by atoms with E-state index in [-0.39, 0.29) is 23.5 Å². The lowest BCUT2D eigenvalue weighted by atomic mass is 9.85. The second kappa shape index (κ2) is 9.27. The van der Waals surface area contributed by atoms with Gasteiger partial charge in [-0.3, -0.25) is 0 Å². The fourth-order valence-corrected chi connectivity index (χ4v) is 6.88. The van der Waals surface area contributed by atoms with Gasteiger partial charge in [0.1, 0.15) is 10.6 Å². The number of piperidine rings is 1. The molecule has 3 aromatic carbocycles. The lowest BCUT2D eigenvalue weighted by molar-refractivity contribution is -0.00961. The minimum atomic E-state index is -3.87. The molecule has 1 aliphatic rings. The first-order valence-corrected chi connectivity index (χ1v) is 13.4. The van der Waals surface area contributed by atoms with Crippen LogP contribution in [0.2, 0.25) is 0 Å². The molecule has 1 saturated heterocycles. The standard InChI is InChI=1S/C25H25N3O5S2/c1-17-7-9-18(10-8-17)25(29)13-15-28(16-14-25)35(30,31)22-12-11-21(23-24(22)27-33-26-23)34-20-6-4-3-5-19(20)32-2/h3-12,29H,13-16H2,1-2H3.